The quantitative estimate of drug-likeness (QED) is 0.640. The van der Waals surface area contributed by atoms with Crippen LogP contribution in [0.5, 0.6) is 0 Å². The largest absolute Gasteiger partial charge is 0.314 e. The van der Waals surface area contributed by atoms with Gasteiger partial charge in [-0.2, -0.15) is 0 Å². The van der Waals surface area contributed by atoms with Gasteiger partial charge in [0.25, 0.3) is 0 Å². The molecule has 0 N–H and O–H groups in total. The third kappa shape index (κ3) is 4.53. The molecule has 0 unspecified atom stereocenters. The smallest absolute Gasteiger partial charge is 0.191 e. The van der Waals surface area contributed by atoms with E-state index < -0.39 is 0 Å². The number of rotatable bonds is 6. The average molecular weight is 423 g/mol. The molecule has 0 saturated carbocycles. The van der Waals surface area contributed by atoms with E-state index in [-0.39, 0.29) is 32.7 Å². The molecule has 133 valence electrons. The summed E-state index contributed by atoms with van der Waals surface area (Å²) < 4.78 is 0.956. The van der Waals surface area contributed by atoms with Crippen molar-refractivity contribution in [1.29, 1.82) is 0 Å². The summed E-state index contributed by atoms with van der Waals surface area (Å²) in [4.78, 5) is 12.9. The summed E-state index contributed by atoms with van der Waals surface area (Å²) in [6, 6.07) is 17.2. The Morgan fingerprint density at radius 1 is 0.885 bits per heavy atom. The van der Waals surface area contributed by atoms with Crippen LogP contribution in [0.25, 0.3) is 0 Å². The predicted molar refractivity (Wildman–Crippen MR) is 101 cm³/mol. The third-order valence-electron chi connectivity index (χ3n) is 6.02. The van der Waals surface area contributed by atoms with Gasteiger partial charge in [0.1, 0.15) is 13.1 Å². The Balaban J connectivity index is 0.00000196. The molecule has 2 aromatic rings. The summed E-state index contributed by atoms with van der Waals surface area (Å²) in [5.41, 5.74) is 5.58. The van der Waals surface area contributed by atoms with Crippen LogP contribution in [0.3, 0.4) is 0 Å². The Bertz CT molecular complexity index is 750. The van der Waals surface area contributed by atoms with Crippen LogP contribution < -0.4 is 0 Å². The van der Waals surface area contributed by atoms with Gasteiger partial charge in [0.05, 0.1) is 13.1 Å². The Labute approximate surface area is 182 Å². The Hall–Kier alpha value is -0.826. The second-order valence-corrected chi connectivity index (χ2v) is 7.92. The van der Waals surface area contributed by atoms with Crippen molar-refractivity contribution in [2.45, 2.75) is 45.1 Å². The van der Waals surface area contributed by atoms with Crippen molar-refractivity contribution < 1.29 is 42.0 Å². The fourth-order valence-corrected chi connectivity index (χ4v) is 4.86. The molecule has 2 aliphatic rings. The second kappa shape index (κ2) is 8.91. The molecule has 1 saturated heterocycles. The van der Waals surface area contributed by atoms with Crippen LogP contribution in [-0.2, 0) is 63.3 Å². The number of fused-ring (bicyclic) bond motifs is 1. The molecular weight excluding hydrogens is 395 g/mol. The van der Waals surface area contributed by atoms with E-state index in [2.05, 4.69) is 48.5 Å². The monoisotopic (exact) mass is 423 g/mol. The van der Waals surface area contributed by atoms with Gasteiger partial charge in [-0.1, -0.05) is 48.5 Å². The number of benzene rings is 2. The maximum Gasteiger partial charge on any atom is 0.191 e. The number of quaternary nitrogens is 1. The van der Waals surface area contributed by atoms with E-state index in [1.54, 1.807) is 0 Å². The minimum absolute atomic E-state index is 0. The summed E-state index contributed by atoms with van der Waals surface area (Å²) in [7, 11) is 0. The second-order valence-electron chi connectivity index (χ2n) is 7.92. The van der Waals surface area contributed by atoms with Gasteiger partial charge in [0, 0.05) is 57.5 Å². The molecule has 1 heterocycles. The third-order valence-corrected chi connectivity index (χ3v) is 6.02. The van der Waals surface area contributed by atoms with Crippen LogP contribution in [0.2, 0.25) is 0 Å². The molecule has 2 nitrogen and oxygen atoms in total. The number of Topliss-reactive ketones (excluding diaryl/α,β-unsaturated/α-hetero) is 1. The van der Waals surface area contributed by atoms with Crippen LogP contribution in [0, 0.1) is 0 Å². The molecular formula is C23H28NOY+. The fourth-order valence-electron chi connectivity index (χ4n) is 4.86. The number of ketones is 1. The SMILES string of the molecule is O=C(Cc1cccc2c1CCC2)C[N+]1(Cc2ccccc2)CCCC1.[Y]. The zero-order valence-corrected chi connectivity index (χ0v) is 18.5. The fraction of sp³-hybridized carbons (Fsp3) is 0.435. The number of hydrogen-bond acceptors (Lipinski definition) is 1. The van der Waals surface area contributed by atoms with Gasteiger partial charge >= 0.3 is 0 Å². The normalized spacial score (nSPS) is 17.5. The van der Waals surface area contributed by atoms with Crippen molar-refractivity contribution in [3.8, 4) is 0 Å². The van der Waals surface area contributed by atoms with E-state index in [1.165, 1.54) is 47.9 Å². The zero-order valence-electron chi connectivity index (χ0n) is 15.6. The predicted octanol–water partition coefficient (Wildman–Crippen LogP) is 4.10. The van der Waals surface area contributed by atoms with Gasteiger partial charge in [-0.3, -0.25) is 4.79 Å². The summed E-state index contributed by atoms with van der Waals surface area (Å²) in [6.07, 6.45) is 6.71. The van der Waals surface area contributed by atoms with E-state index in [4.69, 9.17) is 0 Å². The van der Waals surface area contributed by atoms with Crippen molar-refractivity contribution in [1.82, 2.24) is 0 Å². The van der Waals surface area contributed by atoms with Crippen molar-refractivity contribution in [3.63, 3.8) is 0 Å². The number of likely N-dealkylation sites (tertiary alicyclic amines) is 1. The van der Waals surface area contributed by atoms with Crippen molar-refractivity contribution in [2.24, 2.45) is 0 Å². The van der Waals surface area contributed by atoms with Crippen molar-refractivity contribution in [2.75, 3.05) is 19.6 Å². The molecule has 4 rings (SSSR count). The Kier molecular flexibility index (Phi) is 6.83. The van der Waals surface area contributed by atoms with Crippen LogP contribution >= 0.6 is 0 Å². The molecule has 1 radical (unpaired) electrons. The van der Waals surface area contributed by atoms with Crippen molar-refractivity contribution >= 4 is 5.78 Å². The standard InChI is InChI=1S/C23H28NO.Y/c25-22(16-21-12-6-10-20-11-7-13-23(20)21)18-24(14-4-5-15-24)17-19-8-2-1-3-9-19;/h1-3,6,8-10,12H,4-5,7,11,13-18H2;/q+1;. The Morgan fingerprint density at radius 2 is 1.65 bits per heavy atom. The van der Waals surface area contributed by atoms with E-state index in [0.29, 0.717) is 18.7 Å². The van der Waals surface area contributed by atoms with Gasteiger partial charge in [-0.05, 0) is 36.0 Å². The number of aryl methyl sites for hydroxylation is 1. The first-order valence-electron chi connectivity index (χ1n) is 9.75. The van der Waals surface area contributed by atoms with Gasteiger partial charge in [0.2, 0.25) is 0 Å². The number of nitrogens with zero attached hydrogens (tertiary/aromatic N) is 1. The molecule has 1 fully saturated rings. The first-order valence-corrected chi connectivity index (χ1v) is 9.75. The molecule has 26 heavy (non-hydrogen) atoms. The average Bonchev–Trinajstić information content (AvgIpc) is 3.26. The maximum absolute atomic E-state index is 12.9. The summed E-state index contributed by atoms with van der Waals surface area (Å²) in [6.45, 7) is 3.99. The van der Waals surface area contributed by atoms with E-state index in [0.717, 1.165) is 30.5 Å². The van der Waals surface area contributed by atoms with Crippen LogP contribution in [0.4, 0.5) is 0 Å². The number of carbonyl (C=O) groups excluding carboxylic acids is 1. The summed E-state index contributed by atoms with van der Waals surface area (Å²) >= 11 is 0. The van der Waals surface area contributed by atoms with Crippen LogP contribution in [-0.4, -0.2) is 29.9 Å². The van der Waals surface area contributed by atoms with Gasteiger partial charge < -0.3 is 4.48 Å². The zero-order chi connectivity index (χ0) is 17.1. The first-order chi connectivity index (χ1) is 12.2. The topological polar surface area (TPSA) is 17.1 Å². The van der Waals surface area contributed by atoms with Gasteiger partial charge in [-0.15, -0.1) is 0 Å². The van der Waals surface area contributed by atoms with Crippen LogP contribution in [0.15, 0.2) is 48.5 Å². The molecule has 1 aliphatic carbocycles. The van der Waals surface area contributed by atoms with Gasteiger partial charge in [-0.25, -0.2) is 0 Å². The molecule has 0 amide bonds. The van der Waals surface area contributed by atoms with E-state index in [1.807, 2.05) is 0 Å². The van der Waals surface area contributed by atoms with Gasteiger partial charge in [0.15, 0.2) is 5.78 Å². The van der Waals surface area contributed by atoms with Crippen LogP contribution in [0.1, 0.15) is 41.5 Å². The molecule has 2 aromatic carbocycles. The number of hydrogen-bond donors (Lipinski definition) is 0. The number of carbonyl (C=O) groups is 1. The maximum atomic E-state index is 12.9. The molecule has 0 bridgehead atoms. The minimum Gasteiger partial charge on any atom is -0.314 e. The van der Waals surface area contributed by atoms with E-state index >= 15 is 0 Å². The van der Waals surface area contributed by atoms with Crippen molar-refractivity contribution in [3.05, 3.63) is 70.8 Å². The summed E-state index contributed by atoms with van der Waals surface area (Å²) in [5.74, 6) is 0.415. The first kappa shape index (κ1) is 19.9. The minimum atomic E-state index is 0. The molecule has 0 aromatic heterocycles. The Morgan fingerprint density at radius 3 is 2.42 bits per heavy atom. The summed E-state index contributed by atoms with van der Waals surface area (Å²) in [5, 5.41) is 0. The van der Waals surface area contributed by atoms with E-state index in [9.17, 15) is 4.79 Å². The molecule has 3 heteroatoms. The molecule has 0 spiro atoms. The molecule has 0 atom stereocenters. The molecule has 1 aliphatic heterocycles.